The molecule has 0 radical (unpaired) electrons. The number of likely N-dealkylation sites (tertiary alicyclic amines) is 1. The van der Waals surface area contributed by atoms with Crippen LogP contribution >= 0.6 is 11.6 Å². The Hall–Kier alpha value is -2.77. The van der Waals surface area contributed by atoms with Crippen molar-refractivity contribution in [2.75, 3.05) is 19.6 Å². The largest absolute Gasteiger partial charge is 0.351 e. The number of halogens is 2. The predicted molar refractivity (Wildman–Crippen MR) is 110 cm³/mol. The summed E-state index contributed by atoms with van der Waals surface area (Å²) < 4.78 is 14.5. The summed E-state index contributed by atoms with van der Waals surface area (Å²) in [5.74, 6) is -0.820. The zero-order valence-electron chi connectivity index (χ0n) is 15.7. The molecule has 8 heteroatoms. The maximum Gasteiger partial charge on any atom is 0.276 e. The quantitative estimate of drug-likeness (QED) is 0.412. The summed E-state index contributed by atoms with van der Waals surface area (Å²) in [6.45, 7) is 1.79. The van der Waals surface area contributed by atoms with E-state index in [-0.39, 0.29) is 18.3 Å². The maximum atomic E-state index is 14.5. The zero-order valence-corrected chi connectivity index (χ0v) is 16.4. The second-order valence-electron chi connectivity index (χ2n) is 6.79. The van der Waals surface area contributed by atoms with Crippen molar-refractivity contribution in [3.63, 3.8) is 0 Å². The van der Waals surface area contributed by atoms with E-state index >= 15 is 0 Å². The van der Waals surface area contributed by atoms with Crippen LogP contribution in [0.25, 0.3) is 6.08 Å². The lowest BCUT2D eigenvalue weighted by Gasteiger charge is -2.29. The van der Waals surface area contributed by atoms with Crippen LogP contribution in [0.2, 0.25) is 5.02 Å². The van der Waals surface area contributed by atoms with Gasteiger partial charge in [-0.2, -0.15) is 0 Å². The van der Waals surface area contributed by atoms with Crippen molar-refractivity contribution in [2.45, 2.75) is 18.9 Å². The molecule has 1 heterocycles. The van der Waals surface area contributed by atoms with Gasteiger partial charge >= 0.3 is 0 Å². The highest BCUT2D eigenvalue weighted by Crippen LogP contribution is 2.32. The number of hydrogen-bond acceptors (Lipinski definition) is 4. The third-order valence-electron chi connectivity index (χ3n) is 4.93. The number of nitro groups is 1. The van der Waals surface area contributed by atoms with Crippen molar-refractivity contribution < 1.29 is 14.1 Å². The molecule has 3 rings (SSSR count). The van der Waals surface area contributed by atoms with E-state index in [1.165, 1.54) is 24.3 Å². The fourth-order valence-electron chi connectivity index (χ4n) is 3.51. The first kappa shape index (κ1) is 21.0. The van der Waals surface area contributed by atoms with Gasteiger partial charge in [0.15, 0.2) is 0 Å². The highest BCUT2D eigenvalue weighted by molar-refractivity contribution is 6.31. The fourth-order valence-corrected chi connectivity index (χ4v) is 3.80. The molecule has 1 aliphatic heterocycles. The van der Waals surface area contributed by atoms with Crippen molar-refractivity contribution in [3.05, 3.63) is 80.6 Å². The number of hydrogen-bond donors (Lipinski definition) is 1. The molecule has 0 bridgehead atoms. The summed E-state index contributed by atoms with van der Waals surface area (Å²) >= 11 is 6.25. The van der Waals surface area contributed by atoms with E-state index in [2.05, 4.69) is 10.2 Å². The van der Waals surface area contributed by atoms with E-state index in [9.17, 15) is 19.3 Å². The van der Waals surface area contributed by atoms with Gasteiger partial charge < -0.3 is 5.32 Å². The van der Waals surface area contributed by atoms with Gasteiger partial charge in [-0.3, -0.25) is 19.8 Å². The minimum absolute atomic E-state index is 0.0790. The van der Waals surface area contributed by atoms with E-state index in [4.69, 9.17) is 11.6 Å². The highest BCUT2D eigenvalue weighted by Gasteiger charge is 2.27. The molecule has 0 aliphatic carbocycles. The van der Waals surface area contributed by atoms with Gasteiger partial charge in [0.2, 0.25) is 5.91 Å². The summed E-state index contributed by atoms with van der Waals surface area (Å²) in [6.07, 6.45) is 4.66. The molecular weight excluding hydrogens is 397 g/mol. The van der Waals surface area contributed by atoms with Crippen LogP contribution in [0.1, 0.15) is 30.0 Å². The lowest BCUT2D eigenvalue weighted by atomic mass is 10.0. The predicted octanol–water partition coefficient (Wildman–Crippen LogP) is 4.35. The molecule has 1 fully saturated rings. The third-order valence-corrected chi connectivity index (χ3v) is 5.26. The summed E-state index contributed by atoms with van der Waals surface area (Å²) in [5.41, 5.74) is 0.629. The Kier molecular flexibility index (Phi) is 6.95. The number of carbonyl (C=O) groups is 1. The molecule has 1 amide bonds. The highest BCUT2D eigenvalue weighted by atomic mass is 35.5. The van der Waals surface area contributed by atoms with Crippen LogP contribution < -0.4 is 5.32 Å². The molecule has 152 valence electrons. The number of benzene rings is 2. The first-order valence-corrected chi connectivity index (χ1v) is 9.72. The first-order chi connectivity index (χ1) is 14.0. The van der Waals surface area contributed by atoms with Crippen molar-refractivity contribution in [2.24, 2.45) is 0 Å². The van der Waals surface area contributed by atoms with E-state index in [1.54, 1.807) is 30.3 Å². The molecule has 1 N–H and O–H groups in total. The van der Waals surface area contributed by atoms with Gasteiger partial charge in [0.05, 0.1) is 16.5 Å². The monoisotopic (exact) mass is 417 g/mol. The molecule has 2 aromatic carbocycles. The van der Waals surface area contributed by atoms with Gasteiger partial charge in [0.1, 0.15) is 5.82 Å². The van der Waals surface area contributed by atoms with Crippen LogP contribution in [0, 0.1) is 15.9 Å². The van der Waals surface area contributed by atoms with Crippen molar-refractivity contribution in [3.8, 4) is 0 Å². The van der Waals surface area contributed by atoms with Gasteiger partial charge in [0.25, 0.3) is 5.69 Å². The molecule has 1 unspecified atom stereocenters. The van der Waals surface area contributed by atoms with Crippen LogP contribution in [0.5, 0.6) is 0 Å². The van der Waals surface area contributed by atoms with Crippen molar-refractivity contribution >= 4 is 29.3 Å². The van der Waals surface area contributed by atoms with E-state index in [1.807, 2.05) is 0 Å². The molecule has 1 aliphatic rings. The zero-order chi connectivity index (χ0) is 20.8. The Morgan fingerprint density at radius 3 is 2.66 bits per heavy atom. The molecule has 1 saturated heterocycles. The van der Waals surface area contributed by atoms with Gasteiger partial charge in [-0.05, 0) is 50.2 Å². The van der Waals surface area contributed by atoms with E-state index < -0.39 is 16.6 Å². The van der Waals surface area contributed by atoms with E-state index in [0.29, 0.717) is 16.1 Å². The number of amides is 1. The van der Waals surface area contributed by atoms with E-state index in [0.717, 1.165) is 25.9 Å². The molecule has 29 heavy (non-hydrogen) atoms. The number of nitro benzene ring substituents is 1. The smallest absolute Gasteiger partial charge is 0.276 e. The Bertz CT molecular complexity index is 909. The average molecular weight is 418 g/mol. The number of rotatable bonds is 7. The van der Waals surface area contributed by atoms with Crippen LogP contribution in [0.3, 0.4) is 0 Å². The Balaban J connectivity index is 1.73. The Morgan fingerprint density at radius 1 is 1.24 bits per heavy atom. The maximum absolute atomic E-state index is 14.5. The van der Waals surface area contributed by atoms with Crippen molar-refractivity contribution in [1.29, 1.82) is 0 Å². The van der Waals surface area contributed by atoms with Crippen LogP contribution in [0.4, 0.5) is 10.1 Å². The first-order valence-electron chi connectivity index (χ1n) is 9.34. The van der Waals surface area contributed by atoms with Gasteiger partial charge in [0, 0.05) is 29.3 Å². The lowest BCUT2D eigenvalue weighted by molar-refractivity contribution is -0.385. The number of carbonyl (C=O) groups excluding carboxylic acids is 1. The Morgan fingerprint density at radius 2 is 1.97 bits per heavy atom. The SMILES string of the molecule is O=C(/C=C/c1ccccc1[N+](=O)[O-])NCC(c1c(F)cccc1Cl)N1CCCC1. The number of para-hydroxylation sites is 1. The molecule has 6 nitrogen and oxygen atoms in total. The van der Waals surface area contributed by atoms with Gasteiger partial charge in [-0.15, -0.1) is 0 Å². The molecule has 0 spiro atoms. The second-order valence-corrected chi connectivity index (χ2v) is 7.20. The lowest BCUT2D eigenvalue weighted by Crippen LogP contribution is -2.36. The topological polar surface area (TPSA) is 75.5 Å². The average Bonchev–Trinajstić information content (AvgIpc) is 3.23. The number of nitrogens with one attached hydrogen (secondary N) is 1. The molecule has 0 aromatic heterocycles. The third kappa shape index (κ3) is 5.19. The summed E-state index contributed by atoms with van der Waals surface area (Å²) in [4.78, 5) is 25.0. The Labute approximate surface area is 173 Å². The molecule has 0 saturated carbocycles. The minimum atomic E-state index is -0.499. The summed E-state index contributed by atoms with van der Waals surface area (Å²) in [5, 5.41) is 14.2. The minimum Gasteiger partial charge on any atom is -0.351 e. The normalized spacial score (nSPS) is 15.5. The molecular formula is C21H21ClFN3O3. The molecule has 2 aromatic rings. The summed E-state index contributed by atoms with van der Waals surface area (Å²) in [7, 11) is 0. The second kappa shape index (κ2) is 9.62. The van der Waals surface area contributed by atoms with Crippen molar-refractivity contribution in [1.82, 2.24) is 10.2 Å². The van der Waals surface area contributed by atoms with Gasteiger partial charge in [-0.1, -0.05) is 29.8 Å². The standard InChI is InChI=1S/C21H21ClFN3O3/c22-16-7-5-8-17(23)21(16)19(25-12-3-4-13-25)14-24-20(27)11-10-15-6-1-2-9-18(15)26(28)29/h1-2,5-11,19H,3-4,12-14H2,(H,24,27)/b11-10+. The summed E-state index contributed by atoms with van der Waals surface area (Å²) in [6, 6.07) is 10.3. The number of nitrogens with zero attached hydrogens (tertiary/aromatic N) is 2. The fraction of sp³-hybridized carbons (Fsp3) is 0.286. The van der Waals surface area contributed by atoms with Crippen LogP contribution in [0.15, 0.2) is 48.5 Å². The molecule has 1 atom stereocenters. The van der Waals surface area contributed by atoms with Crippen LogP contribution in [-0.2, 0) is 4.79 Å². The van der Waals surface area contributed by atoms with Crippen LogP contribution in [-0.4, -0.2) is 35.4 Å². The van der Waals surface area contributed by atoms with Gasteiger partial charge in [-0.25, -0.2) is 4.39 Å².